The number of allylic oxidation sites excluding steroid dienone is 1. The second kappa shape index (κ2) is 5.05. The van der Waals surface area contributed by atoms with Crippen LogP contribution in [-0.4, -0.2) is 14.4 Å². The molecule has 1 aromatic carbocycles. The molecule has 0 N–H and O–H groups in total. The minimum absolute atomic E-state index is 0.567. The van der Waals surface area contributed by atoms with Gasteiger partial charge in [-0.25, -0.2) is 9.97 Å². The van der Waals surface area contributed by atoms with Crippen LogP contribution < -0.4 is 0 Å². The molecule has 0 spiro atoms. The van der Waals surface area contributed by atoms with Crippen molar-refractivity contribution in [3.8, 4) is 6.07 Å². The Labute approximate surface area is 134 Å². The molecule has 0 amide bonds. The average Bonchev–Trinajstić information content (AvgIpc) is 3.19. The smallest absolute Gasteiger partial charge is 0.194 e. The molecule has 0 aliphatic rings. The van der Waals surface area contributed by atoms with Gasteiger partial charge in [0, 0.05) is 11.6 Å². The van der Waals surface area contributed by atoms with E-state index < -0.39 is 0 Å². The van der Waals surface area contributed by atoms with E-state index in [1.165, 1.54) is 11.3 Å². The summed E-state index contributed by atoms with van der Waals surface area (Å²) in [7, 11) is 0. The van der Waals surface area contributed by atoms with Gasteiger partial charge in [-0.2, -0.15) is 5.26 Å². The molecule has 0 fully saturated rings. The fourth-order valence-corrected chi connectivity index (χ4v) is 4.05. The summed E-state index contributed by atoms with van der Waals surface area (Å²) in [6, 6.07) is 10.2. The Morgan fingerprint density at radius 1 is 1.32 bits per heavy atom. The number of nitriles is 1. The van der Waals surface area contributed by atoms with E-state index in [4.69, 9.17) is 0 Å². The van der Waals surface area contributed by atoms with Crippen LogP contribution in [0.1, 0.15) is 16.4 Å². The van der Waals surface area contributed by atoms with Crippen molar-refractivity contribution in [1.29, 1.82) is 5.26 Å². The second-order valence-electron chi connectivity index (χ2n) is 4.79. The molecule has 0 aliphatic heterocycles. The molecule has 3 heterocycles. The molecule has 6 heteroatoms. The van der Waals surface area contributed by atoms with Gasteiger partial charge < -0.3 is 0 Å². The first-order valence-corrected chi connectivity index (χ1v) is 8.36. The molecular formula is C16H10N4S2. The van der Waals surface area contributed by atoms with E-state index in [1.807, 2.05) is 53.2 Å². The van der Waals surface area contributed by atoms with E-state index in [2.05, 4.69) is 16.0 Å². The predicted octanol–water partition coefficient (Wildman–Crippen LogP) is 4.38. The molecule has 22 heavy (non-hydrogen) atoms. The fraction of sp³-hybridized carbons (Fsp3) is 0.0625. The van der Waals surface area contributed by atoms with Crippen molar-refractivity contribution in [2.45, 2.75) is 6.92 Å². The first-order valence-electron chi connectivity index (χ1n) is 6.66. The van der Waals surface area contributed by atoms with Gasteiger partial charge in [0.2, 0.25) is 0 Å². The van der Waals surface area contributed by atoms with E-state index >= 15 is 0 Å². The minimum Gasteiger partial charge on any atom is -0.291 e. The number of aryl methyl sites for hydroxylation is 1. The lowest BCUT2D eigenvalue weighted by Gasteiger charge is -1.95. The van der Waals surface area contributed by atoms with E-state index in [-0.39, 0.29) is 0 Å². The van der Waals surface area contributed by atoms with Gasteiger partial charge in [0.05, 0.1) is 27.2 Å². The third kappa shape index (κ3) is 2.03. The van der Waals surface area contributed by atoms with Gasteiger partial charge in [0.25, 0.3) is 0 Å². The maximum atomic E-state index is 9.54. The van der Waals surface area contributed by atoms with E-state index in [1.54, 1.807) is 11.3 Å². The van der Waals surface area contributed by atoms with Gasteiger partial charge >= 0.3 is 0 Å². The van der Waals surface area contributed by atoms with Crippen LogP contribution in [0.2, 0.25) is 0 Å². The first-order chi connectivity index (χ1) is 10.8. The predicted molar refractivity (Wildman–Crippen MR) is 90.9 cm³/mol. The monoisotopic (exact) mass is 322 g/mol. The number of nitrogens with zero attached hydrogens (tertiary/aromatic N) is 4. The van der Waals surface area contributed by atoms with Crippen LogP contribution in [-0.2, 0) is 0 Å². The minimum atomic E-state index is 0.567. The van der Waals surface area contributed by atoms with Gasteiger partial charge in [0.1, 0.15) is 11.1 Å². The molecule has 4 nitrogen and oxygen atoms in total. The van der Waals surface area contributed by atoms with Gasteiger partial charge in [-0.15, -0.1) is 22.7 Å². The summed E-state index contributed by atoms with van der Waals surface area (Å²) in [5.41, 5.74) is 3.35. The number of rotatable bonds is 2. The SMILES string of the molecule is Cc1nc2sccn2c1/C=C(\C#N)c1nc2ccccc2s1. The maximum Gasteiger partial charge on any atom is 0.194 e. The lowest BCUT2D eigenvalue weighted by molar-refractivity contribution is 1.19. The van der Waals surface area contributed by atoms with Gasteiger partial charge in [-0.05, 0) is 25.1 Å². The summed E-state index contributed by atoms with van der Waals surface area (Å²) in [6.07, 6.45) is 3.85. The lowest BCUT2D eigenvalue weighted by Crippen LogP contribution is -1.86. The molecule has 106 valence electrons. The number of imidazole rings is 1. The third-order valence-electron chi connectivity index (χ3n) is 3.41. The highest BCUT2D eigenvalue weighted by Crippen LogP contribution is 2.29. The molecule has 0 radical (unpaired) electrons. The van der Waals surface area contributed by atoms with Crippen molar-refractivity contribution in [2.75, 3.05) is 0 Å². The highest BCUT2D eigenvalue weighted by Gasteiger charge is 2.12. The zero-order valence-corrected chi connectivity index (χ0v) is 13.3. The van der Waals surface area contributed by atoms with E-state index in [9.17, 15) is 5.26 Å². The summed E-state index contributed by atoms with van der Waals surface area (Å²) in [5.74, 6) is 0. The number of hydrogen-bond acceptors (Lipinski definition) is 5. The fourth-order valence-electron chi connectivity index (χ4n) is 2.35. The third-order valence-corrected chi connectivity index (χ3v) is 5.24. The molecular weight excluding hydrogens is 312 g/mol. The summed E-state index contributed by atoms with van der Waals surface area (Å²) in [6.45, 7) is 1.96. The van der Waals surface area contributed by atoms with Crippen LogP contribution in [0.3, 0.4) is 0 Å². The van der Waals surface area contributed by atoms with Crippen molar-refractivity contribution in [3.63, 3.8) is 0 Å². The molecule has 4 aromatic rings. The Morgan fingerprint density at radius 3 is 3.00 bits per heavy atom. The summed E-state index contributed by atoms with van der Waals surface area (Å²) in [5, 5.41) is 12.3. The van der Waals surface area contributed by atoms with Crippen molar-refractivity contribution >= 4 is 49.5 Å². The molecule has 0 aliphatic carbocycles. The topological polar surface area (TPSA) is 54.0 Å². The number of fused-ring (bicyclic) bond motifs is 2. The van der Waals surface area contributed by atoms with E-state index in [0.717, 1.165) is 31.6 Å². The number of thiazole rings is 2. The first kappa shape index (κ1) is 13.2. The maximum absolute atomic E-state index is 9.54. The Bertz CT molecular complexity index is 1030. The number of hydrogen-bond donors (Lipinski definition) is 0. The molecule has 0 bridgehead atoms. The summed E-state index contributed by atoms with van der Waals surface area (Å²) < 4.78 is 3.09. The Balaban J connectivity index is 1.89. The van der Waals surface area contributed by atoms with Crippen LogP contribution in [0.4, 0.5) is 0 Å². The number of benzene rings is 1. The summed E-state index contributed by atoms with van der Waals surface area (Å²) >= 11 is 3.12. The zero-order chi connectivity index (χ0) is 15.1. The Kier molecular flexibility index (Phi) is 3.03. The summed E-state index contributed by atoms with van der Waals surface area (Å²) in [4.78, 5) is 10.0. The molecule has 3 aromatic heterocycles. The highest BCUT2D eigenvalue weighted by molar-refractivity contribution is 7.19. The Hall–Kier alpha value is -2.49. The van der Waals surface area contributed by atoms with E-state index in [0.29, 0.717) is 5.57 Å². The molecule has 0 unspecified atom stereocenters. The number of aromatic nitrogens is 3. The Morgan fingerprint density at radius 2 is 2.18 bits per heavy atom. The largest absolute Gasteiger partial charge is 0.291 e. The average molecular weight is 322 g/mol. The molecule has 0 saturated carbocycles. The van der Waals surface area contributed by atoms with Crippen molar-refractivity contribution in [1.82, 2.24) is 14.4 Å². The van der Waals surface area contributed by atoms with Crippen molar-refractivity contribution in [3.05, 3.63) is 52.2 Å². The van der Waals surface area contributed by atoms with Crippen LogP contribution in [0.25, 0.3) is 26.8 Å². The quantitative estimate of drug-likeness (QED) is 0.515. The number of para-hydroxylation sites is 1. The van der Waals surface area contributed by atoms with Crippen molar-refractivity contribution in [2.24, 2.45) is 0 Å². The standard InChI is InChI=1S/C16H10N4S2/c1-10-13(20-6-7-21-16(20)18-10)8-11(9-17)15-19-12-4-2-3-5-14(12)22-15/h2-8H,1H3/b11-8+. The molecule has 0 saturated heterocycles. The normalized spacial score (nSPS) is 12.1. The molecule has 0 atom stereocenters. The van der Waals surface area contributed by atoms with Crippen LogP contribution in [0.15, 0.2) is 35.8 Å². The van der Waals surface area contributed by atoms with Gasteiger partial charge in [-0.3, -0.25) is 4.40 Å². The second-order valence-corrected chi connectivity index (χ2v) is 6.70. The zero-order valence-electron chi connectivity index (χ0n) is 11.6. The van der Waals surface area contributed by atoms with Crippen molar-refractivity contribution < 1.29 is 0 Å². The van der Waals surface area contributed by atoms with Gasteiger partial charge in [0.15, 0.2) is 4.96 Å². The van der Waals surface area contributed by atoms with Crippen LogP contribution in [0.5, 0.6) is 0 Å². The lowest BCUT2D eigenvalue weighted by atomic mass is 10.2. The van der Waals surface area contributed by atoms with Crippen LogP contribution in [0, 0.1) is 18.3 Å². The highest BCUT2D eigenvalue weighted by atomic mass is 32.1. The van der Waals surface area contributed by atoms with Gasteiger partial charge in [-0.1, -0.05) is 12.1 Å². The molecule has 4 rings (SSSR count). The van der Waals surface area contributed by atoms with Crippen LogP contribution >= 0.6 is 22.7 Å².